The third-order valence-electron chi connectivity index (χ3n) is 4.04. The van der Waals surface area contributed by atoms with Crippen molar-refractivity contribution >= 4 is 19.2 Å². The lowest BCUT2D eigenvalue weighted by Gasteiger charge is -2.24. The summed E-state index contributed by atoms with van der Waals surface area (Å²) in [6.45, 7) is 3.62. The van der Waals surface area contributed by atoms with Gasteiger partial charge < -0.3 is 15.5 Å². The van der Waals surface area contributed by atoms with Gasteiger partial charge in [0.05, 0.1) is 11.5 Å². The van der Waals surface area contributed by atoms with Gasteiger partial charge in [-0.2, -0.15) is 0 Å². The lowest BCUT2D eigenvalue weighted by Crippen LogP contribution is -2.41. The summed E-state index contributed by atoms with van der Waals surface area (Å²) >= 11 is 1.62. The average Bonchev–Trinajstić information content (AvgIpc) is 3.04. The first kappa shape index (κ1) is 21.8. The van der Waals surface area contributed by atoms with Gasteiger partial charge in [0.1, 0.15) is 0 Å². The van der Waals surface area contributed by atoms with Crippen molar-refractivity contribution in [3.05, 3.63) is 57.3 Å². The van der Waals surface area contributed by atoms with Gasteiger partial charge in [-0.25, -0.2) is 4.57 Å². The second kappa shape index (κ2) is 9.66. The minimum atomic E-state index is -4.49. The van der Waals surface area contributed by atoms with E-state index in [0.29, 0.717) is 12.8 Å². The standard InChI is InChI=1S/C20H26NO4PS/c1-16-7-9-17(10-8-16)5-3-4-6-18-11-12-19(27-18)13-14-20(2,21)15-25-26(22,23)24/h7-12H,3,5,13-15,21H2,1-2H3,(H2,22,23,24). The molecule has 0 radical (unpaired) electrons. The predicted molar refractivity (Wildman–Crippen MR) is 110 cm³/mol. The number of benzene rings is 1. The molecule has 146 valence electrons. The molecule has 0 aliphatic carbocycles. The molecule has 5 nitrogen and oxygen atoms in total. The summed E-state index contributed by atoms with van der Waals surface area (Å²) in [5, 5.41) is 0. The van der Waals surface area contributed by atoms with Crippen LogP contribution in [0.1, 0.15) is 40.6 Å². The fraction of sp³-hybridized carbons (Fsp3) is 0.400. The summed E-state index contributed by atoms with van der Waals surface area (Å²) in [6, 6.07) is 12.5. The van der Waals surface area contributed by atoms with Crippen molar-refractivity contribution in [2.45, 2.75) is 45.1 Å². The van der Waals surface area contributed by atoms with Crippen LogP contribution in [0.4, 0.5) is 0 Å². The maximum Gasteiger partial charge on any atom is 0.469 e. The Bertz CT molecular complexity index is 843. The molecule has 7 heteroatoms. The van der Waals surface area contributed by atoms with E-state index >= 15 is 0 Å². The van der Waals surface area contributed by atoms with Crippen LogP contribution < -0.4 is 5.73 Å². The van der Waals surface area contributed by atoms with E-state index in [4.69, 9.17) is 15.5 Å². The zero-order chi connectivity index (χ0) is 19.9. The first-order valence-electron chi connectivity index (χ1n) is 8.75. The van der Waals surface area contributed by atoms with Crippen LogP contribution in [0, 0.1) is 18.8 Å². The van der Waals surface area contributed by atoms with Crippen LogP contribution in [-0.4, -0.2) is 21.9 Å². The second-order valence-corrected chi connectivity index (χ2v) is 9.38. The summed E-state index contributed by atoms with van der Waals surface area (Å²) in [5.41, 5.74) is 7.80. The van der Waals surface area contributed by atoms with Crippen molar-refractivity contribution in [1.82, 2.24) is 0 Å². The van der Waals surface area contributed by atoms with Gasteiger partial charge in [-0.05, 0) is 50.8 Å². The molecule has 2 aromatic rings. The van der Waals surface area contributed by atoms with E-state index in [1.54, 1.807) is 18.3 Å². The lowest BCUT2D eigenvalue weighted by atomic mass is 9.98. The quantitative estimate of drug-likeness (QED) is 0.457. The molecule has 0 aliphatic rings. The Labute approximate surface area is 164 Å². The molecule has 0 fully saturated rings. The van der Waals surface area contributed by atoms with Crippen molar-refractivity contribution in [2.24, 2.45) is 5.73 Å². The smallest absolute Gasteiger partial charge is 0.323 e. The summed E-state index contributed by atoms with van der Waals surface area (Å²) in [5.74, 6) is 6.41. The van der Waals surface area contributed by atoms with Crippen molar-refractivity contribution in [3.63, 3.8) is 0 Å². The third kappa shape index (κ3) is 8.85. The molecule has 0 saturated carbocycles. The van der Waals surface area contributed by atoms with Gasteiger partial charge in [0.2, 0.25) is 0 Å². The fourth-order valence-electron chi connectivity index (χ4n) is 2.40. The molecular weight excluding hydrogens is 381 g/mol. The number of hydrogen-bond donors (Lipinski definition) is 3. The topological polar surface area (TPSA) is 92.8 Å². The number of thiophene rings is 1. The van der Waals surface area contributed by atoms with Crippen LogP contribution >= 0.6 is 19.2 Å². The molecule has 1 atom stereocenters. The maximum absolute atomic E-state index is 10.8. The van der Waals surface area contributed by atoms with Crippen LogP contribution in [-0.2, 0) is 21.9 Å². The van der Waals surface area contributed by atoms with Crippen LogP contribution in [0.3, 0.4) is 0 Å². The molecular formula is C20H26NO4PS. The predicted octanol–water partition coefficient (Wildman–Crippen LogP) is 3.80. The minimum absolute atomic E-state index is 0.186. The molecule has 4 N–H and O–H groups in total. The second-order valence-electron chi connectivity index (χ2n) is 6.97. The molecule has 1 unspecified atom stereocenters. The van der Waals surface area contributed by atoms with E-state index in [1.807, 2.05) is 12.1 Å². The Morgan fingerprint density at radius 3 is 2.56 bits per heavy atom. The first-order chi connectivity index (χ1) is 12.6. The highest BCUT2D eigenvalue weighted by Crippen LogP contribution is 2.37. The Hall–Kier alpha value is -1.45. The van der Waals surface area contributed by atoms with Gasteiger partial charge in [-0.1, -0.05) is 41.7 Å². The van der Waals surface area contributed by atoms with Gasteiger partial charge >= 0.3 is 7.82 Å². The molecule has 1 heterocycles. The number of nitrogens with two attached hydrogens (primary N) is 1. The van der Waals surface area contributed by atoms with Gasteiger partial charge in [0.25, 0.3) is 0 Å². The van der Waals surface area contributed by atoms with Gasteiger partial charge in [0, 0.05) is 16.8 Å². The number of phosphoric acid groups is 1. The monoisotopic (exact) mass is 407 g/mol. The zero-order valence-corrected chi connectivity index (χ0v) is 17.4. The Kier molecular flexibility index (Phi) is 7.81. The molecule has 1 aromatic carbocycles. The van der Waals surface area contributed by atoms with E-state index in [1.165, 1.54) is 11.1 Å². The van der Waals surface area contributed by atoms with Crippen LogP contribution in [0.25, 0.3) is 0 Å². The van der Waals surface area contributed by atoms with Gasteiger partial charge in [-0.3, -0.25) is 4.52 Å². The van der Waals surface area contributed by atoms with E-state index in [9.17, 15) is 4.57 Å². The van der Waals surface area contributed by atoms with Gasteiger partial charge in [0.15, 0.2) is 0 Å². The highest BCUT2D eigenvalue weighted by atomic mass is 32.1. The Morgan fingerprint density at radius 2 is 1.89 bits per heavy atom. The largest absolute Gasteiger partial charge is 0.469 e. The van der Waals surface area contributed by atoms with E-state index < -0.39 is 13.4 Å². The summed E-state index contributed by atoms with van der Waals surface area (Å²) in [7, 11) is -4.49. The highest BCUT2D eigenvalue weighted by Gasteiger charge is 2.24. The SMILES string of the molecule is Cc1ccc(CCC#Cc2ccc(CCC(C)(N)COP(=O)(O)O)s2)cc1. The van der Waals surface area contributed by atoms with Crippen molar-refractivity contribution in [1.29, 1.82) is 0 Å². The van der Waals surface area contributed by atoms with E-state index in [-0.39, 0.29) is 6.61 Å². The average molecular weight is 407 g/mol. The van der Waals surface area contributed by atoms with Crippen molar-refractivity contribution in [2.75, 3.05) is 6.61 Å². The van der Waals surface area contributed by atoms with Crippen LogP contribution in [0.15, 0.2) is 36.4 Å². The van der Waals surface area contributed by atoms with Crippen LogP contribution in [0.5, 0.6) is 0 Å². The summed E-state index contributed by atoms with van der Waals surface area (Å²) in [6.07, 6.45) is 3.04. The van der Waals surface area contributed by atoms with E-state index in [2.05, 4.69) is 47.6 Å². The highest BCUT2D eigenvalue weighted by molar-refractivity contribution is 7.46. The molecule has 0 bridgehead atoms. The fourth-order valence-corrected chi connectivity index (χ4v) is 3.75. The summed E-state index contributed by atoms with van der Waals surface area (Å²) in [4.78, 5) is 19.7. The molecule has 0 spiro atoms. The summed E-state index contributed by atoms with van der Waals surface area (Å²) < 4.78 is 15.3. The molecule has 0 aliphatic heterocycles. The third-order valence-corrected chi connectivity index (χ3v) is 5.56. The Balaban J connectivity index is 1.79. The Morgan fingerprint density at radius 1 is 1.19 bits per heavy atom. The van der Waals surface area contributed by atoms with Crippen molar-refractivity contribution in [3.8, 4) is 11.8 Å². The lowest BCUT2D eigenvalue weighted by molar-refractivity contribution is 0.154. The van der Waals surface area contributed by atoms with Gasteiger partial charge in [-0.15, -0.1) is 11.3 Å². The number of phosphoric ester groups is 1. The van der Waals surface area contributed by atoms with E-state index in [0.717, 1.165) is 22.6 Å². The first-order valence-corrected chi connectivity index (χ1v) is 11.1. The van der Waals surface area contributed by atoms with Crippen molar-refractivity contribution < 1.29 is 18.9 Å². The maximum atomic E-state index is 10.8. The molecule has 2 rings (SSSR count). The normalized spacial score (nSPS) is 13.7. The molecule has 0 amide bonds. The molecule has 1 aromatic heterocycles. The number of hydrogen-bond acceptors (Lipinski definition) is 4. The minimum Gasteiger partial charge on any atom is -0.323 e. The molecule has 27 heavy (non-hydrogen) atoms. The zero-order valence-electron chi connectivity index (χ0n) is 15.6. The number of rotatable bonds is 8. The number of aryl methyl sites for hydroxylation is 3. The molecule has 0 saturated heterocycles. The van der Waals surface area contributed by atoms with Crippen LogP contribution in [0.2, 0.25) is 0 Å².